The van der Waals surface area contributed by atoms with Gasteiger partial charge in [-0.1, -0.05) is 12.1 Å². The average molecular weight is 371 g/mol. The highest BCUT2D eigenvalue weighted by Crippen LogP contribution is 2.25. The lowest BCUT2D eigenvalue weighted by Gasteiger charge is -2.33. The molecule has 0 aliphatic carbocycles. The number of aryl methyl sites for hydroxylation is 1. The normalized spacial score (nSPS) is 16.8. The van der Waals surface area contributed by atoms with Gasteiger partial charge in [0, 0.05) is 13.1 Å². The largest absolute Gasteiger partial charge is 0.465 e. The molecule has 1 saturated heterocycles. The molecule has 6 nitrogen and oxygen atoms in total. The van der Waals surface area contributed by atoms with E-state index in [9.17, 15) is 4.79 Å². The van der Waals surface area contributed by atoms with Gasteiger partial charge in [-0.3, -0.25) is 14.3 Å². The van der Waals surface area contributed by atoms with Crippen LogP contribution < -0.4 is 5.56 Å². The van der Waals surface area contributed by atoms with Crippen LogP contribution in [0, 0.1) is 11.7 Å². The van der Waals surface area contributed by atoms with Gasteiger partial charge in [0.2, 0.25) is 0 Å². The van der Waals surface area contributed by atoms with Crippen LogP contribution in [-0.4, -0.2) is 40.8 Å². The Morgan fingerprint density at radius 3 is 2.69 bits per heavy atom. The fraction of sp³-hybridized carbons (Fsp3) is 0.368. The Hall–Kier alpha value is -2.22. The van der Waals surface area contributed by atoms with Crippen molar-refractivity contribution in [3.05, 3.63) is 63.0 Å². The summed E-state index contributed by atoms with van der Waals surface area (Å²) in [4.78, 5) is 18.5. The summed E-state index contributed by atoms with van der Waals surface area (Å²) in [6.07, 6.45) is 0. The number of nitrogens with one attached hydrogen (secondary N) is 1. The molecule has 1 N–H and O–H groups in total. The molecule has 0 amide bonds. The van der Waals surface area contributed by atoms with Crippen LogP contribution in [0.1, 0.15) is 17.6 Å². The number of furan rings is 1. The molecule has 26 heavy (non-hydrogen) atoms. The molecular formula is C19H21N3O3S. The topological polar surface area (TPSA) is 63.4 Å². The molecule has 1 fully saturated rings. The van der Waals surface area contributed by atoms with Crippen molar-refractivity contribution >= 4 is 23.1 Å². The molecule has 1 aromatic carbocycles. The number of aromatic amines is 1. The van der Waals surface area contributed by atoms with Gasteiger partial charge in [0.15, 0.2) is 4.77 Å². The van der Waals surface area contributed by atoms with Crippen molar-refractivity contribution in [2.24, 2.45) is 0 Å². The maximum Gasteiger partial charge on any atom is 0.262 e. The molecule has 136 valence electrons. The Balaban J connectivity index is 1.77. The zero-order valence-electron chi connectivity index (χ0n) is 14.6. The smallest absolute Gasteiger partial charge is 0.262 e. The minimum atomic E-state index is -0.0779. The molecule has 4 rings (SSSR count). The van der Waals surface area contributed by atoms with Gasteiger partial charge in [0.05, 0.1) is 36.7 Å². The lowest BCUT2D eigenvalue weighted by atomic mass is 10.1. The zero-order chi connectivity index (χ0) is 18.1. The Labute approximate surface area is 156 Å². The van der Waals surface area contributed by atoms with Crippen LogP contribution in [0.15, 0.2) is 45.6 Å². The fourth-order valence-corrected chi connectivity index (χ4v) is 3.71. The number of para-hydroxylation sites is 1. The molecule has 1 atom stereocenters. The minimum Gasteiger partial charge on any atom is -0.465 e. The second-order valence-electron chi connectivity index (χ2n) is 6.50. The van der Waals surface area contributed by atoms with Crippen molar-refractivity contribution in [2.45, 2.75) is 19.5 Å². The quantitative estimate of drug-likeness (QED) is 0.714. The highest BCUT2D eigenvalue weighted by molar-refractivity contribution is 7.71. The summed E-state index contributed by atoms with van der Waals surface area (Å²) in [5, 5.41) is 0.637. The second-order valence-corrected chi connectivity index (χ2v) is 6.89. The van der Waals surface area contributed by atoms with E-state index >= 15 is 0 Å². The third-order valence-electron chi connectivity index (χ3n) is 4.82. The molecule has 3 heterocycles. The standard InChI is InChI=1S/C19H21N3O3S/c1-13-6-7-17(25-13)16(21-8-10-24-11-9-21)12-22-18(23)14-4-2-3-5-15(14)20-19(22)26/h2-7,16H,8-12H2,1H3,(H,20,26)/t16-/m0/s1. The molecule has 0 saturated carbocycles. The first-order chi connectivity index (χ1) is 12.6. The van der Waals surface area contributed by atoms with E-state index in [1.807, 2.05) is 43.3 Å². The molecule has 1 aliphatic rings. The average Bonchev–Trinajstić information content (AvgIpc) is 3.08. The summed E-state index contributed by atoms with van der Waals surface area (Å²) in [5.74, 6) is 1.70. The number of aromatic nitrogens is 2. The van der Waals surface area contributed by atoms with Crippen LogP contribution in [0.2, 0.25) is 0 Å². The number of hydrogen-bond acceptors (Lipinski definition) is 5. The van der Waals surface area contributed by atoms with Gasteiger partial charge >= 0.3 is 0 Å². The minimum absolute atomic E-state index is 0.0680. The summed E-state index contributed by atoms with van der Waals surface area (Å²) >= 11 is 5.48. The highest BCUT2D eigenvalue weighted by Gasteiger charge is 2.26. The molecule has 0 radical (unpaired) electrons. The van der Waals surface area contributed by atoms with Gasteiger partial charge in [0.1, 0.15) is 11.5 Å². The molecule has 1 aliphatic heterocycles. The Kier molecular flexibility index (Phi) is 4.76. The van der Waals surface area contributed by atoms with E-state index in [2.05, 4.69) is 9.88 Å². The number of ether oxygens (including phenoxy) is 1. The first kappa shape index (κ1) is 17.2. The Morgan fingerprint density at radius 2 is 1.96 bits per heavy atom. The van der Waals surface area contributed by atoms with Crippen LogP contribution in [-0.2, 0) is 11.3 Å². The van der Waals surface area contributed by atoms with Crippen molar-refractivity contribution in [1.29, 1.82) is 0 Å². The highest BCUT2D eigenvalue weighted by atomic mass is 32.1. The van der Waals surface area contributed by atoms with Gasteiger partial charge in [-0.2, -0.15) is 0 Å². The third kappa shape index (κ3) is 3.25. The molecular weight excluding hydrogens is 350 g/mol. The summed E-state index contributed by atoms with van der Waals surface area (Å²) < 4.78 is 13.4. The Morgan fingerprint density at radius 1 is 1.19 bits per heavy atom. The van der Waals surface area contributed by atoms with Crippen LogP contribution in [0.25, 0.3) is 10.9 Å². The molecule has 2 aromatic heterocycles. The lowest BCUT2D eigenvalue weighted by Crippen LogP contribution is -2.41. The SMILES string of the molecule is Cc1ccc([C@H](Cn2c(=S)[nH]c3ccccc3c2=O)N2CCOCC2)o1. The third-order valence-corrected chi connectivity index (χ3v) is 5.14. The summed E-state index contributed by atoms with van der Waals surface area (Å²) in [6, 6.07) is 11.3. The second kappa shape index (κ2) is 7.19. The molecule has 3 aromatic rings. The summed E-state index contributed by atoms with van der Waals surface area (Å²) in [5.41, 5.74) is 0.682. The number of H-pyrrole nitrogens is 1. The van der Waals surface area contributed by atoms with Crippen molar-refractivity contribution < 1.29 is 9.15 Å². The van der Waals surface area contributed by atoms with Gasteiger partial charge in [-0.05, 0) is 43.4 Å². The molecule has 0 unspecified atom stereocenters. The number of fused-ring (bicyclic) bond motifs is 1. The van der Waals surface area contributed by atoms with Crippen LogP contribution in [0.3, 0.4) is 0 Å². The fourth-order valence-electron chi connectivity index (χ4n) is 3.44. The van der Waals surface area contributed by atoms with Crippen molar-refractivity contribution in [2.75, 3.05) is 26.3 Å². The zero-order valence-corrected chi connectivity index (χ0v) is 15.4. The predicted molar refractivity (Wildman–Crippen MR) is 102 cm³/mol. The van der Waals surface area contributed by atoms with E-state index in [0.717, 1.165) is 30.1 Å². The van der Waals surface area contributed by atoms with Crippen molar-refractivity contribution in [3.8, 4) is 0 Å². The number of morpholine rings is 1. The van der Waals surface area contributed by atoms with Crippen LogP contribution >= 0.6 is 12.2 Å². The number of hydrogen-bond donors (Lipinski definition) is 1. The van der Waals surface area contributed by atoms with E-state index < -0.39 is 0 Å². The molecule has 0 bridgehead atoms. The first-order valence-corrected chi connectivity index (χ1v) is 9.14. The summed E-state index contributed by atoms with van der Waals surface area (Å²) in [6.45, 7) is 5.30. The van der Waals surface area contributed by atoms with Gasteiger partial charge in [-0.25, -0.2) is 0 Å². The number of benzene rings is 1. The van der Waals surface area contributed by atoms with Gasteiger partial charge in [-0.15, -0.1) is 0 Å². The van der Waals surface area contributed by atoms with E-state index in [4.69, 9.17) is 21.4 Å². The number of nitrogens with zero attached hydrogens (tertiary/aromatic N) is 2. The first-order valence-electron chi connectivity index (χ1n) is 8.73. The van der Waals surface area contributed by atoms with E-state index in [1.165, 1.54) is 0 Å². The van der Waals surface area contributed by atoms with E-state index in [1.54, 1.807) is 4.57 Å². The van der Waals surface area contributed by atoms with Crippen LogP contribution in [0.5, 0.6) is 0 Å². The maximum atomic E-state index is 13.0. The Bertz CT molecular complexity index is 1030. The van der Waals surface area contributed by atoms with Crippen molar-refractivity contribution in [3.63, 3.8) is 0 Å². The molecule has 7 heteroatoms. The predicted octanol–water partition coefficient (Wildman–Crippen LogP) is 3.03. The van der Waals surface area contributed by atoms with Crippen LogP contribution in [0.4, 0.5) is 0 Å². The summed E-state index contributed by atoms with van der Waals surface area (Å²) in [7, 11) is 0. The maximum absolute atomic E-state index is 13.0. The van der Waals surface area contributed by atoms with Gasteiger partial charge in [0.25, 0.3) is 5.56 Å². The van der Waals surface area contributed by atoms with E-state index in [0.29, 0.717) is 29.9 Å². The number of rotatable bonds is 4. The van der Waals surface area contributed by atoms with E-state index in [-0.39, 0.29) is 11.6 Å². The monoisotopic (exact) mass is 371 g/mol. The van der Waals surface area contributed by atoms with Gasteiger partial charge < -0.3 is 14.1 Å². The molecule has 0 spiro atoms. The van der Waals surface area contributed by atoms with Crippen molar-refractivity contribution in [1.82, 2.24) is 14.5 Å². The lowest BCUT2D eigenvalue weighted by molar-refractivity contribution is 0.00701.